The van der Waals surface area contributed by atoms with E-state index in [4.69, 9.17) is 10.8 Å². The molecule has 7 nitrogen and oxygen atoms in total. The standard InChI is InChI=1S/C12H20N4O3/c1-7(2)9(13)4-11(17)16-10(12(18)19)3-8-5-14-6-15-8/h5-7,9-10H,3-4,13H2,1-2H3,(H,14,15)(H,16,17)(H,18,19). The number of hydrogen-bond acceptors (Lipinski definition) is 4. The Kier molecular flexibility index (Phi) is 5.50. The highest BCUT2D eigenvalue weighted by molar-refractivity contribution is 5.84. The summed E-state index contributed by atoms with van der Waals surface area (Å²) in [5.41, 5.74) is 6.43. The molecular weight excluding hydrogens is 248 g/mol. The Balaban J connectivity index is 2.54. The topological polar surface area (TPSA) is 121 Å². The first-order valence-electron chi connectivity index (χ1n) is 6.15. The summed E-state index contributed by atoms with van der Waals surface area (Å²) in [6.45, 7) is 3.83. The van der Waals surface area contributed by atoms with Gasteiger partial charge in [-0.05, 0) is 5.92 Å². The van der Waals surface area contributed by atoms with Gasteiger partial charge in [0.05, 0.1) is 6.33 Å². The molecule has 0 saturated carbocycles. The summed E-state index contributed by atoms with van der Waals surface area (Å²) in [5.74, 6) is -1.27. The SMILES string of the molecule is CC(C)C(N)CC(=O)NC(Cc1cnc[nH]1)C(=O)O. The van der Waals surface area contributed by atoms with Crippen LogP contribution in [0.4, 0.5) is 0 Å². The highest BCUT2D eigenvalue weighted by atomic mass is 16.4. The van der Waals surface area contributed by atoms with E-state index >= 15 is 0 Å². The molecule has 0 aromatic carbocycles. The van der Waals surface area contributed by atoms with E-state index in [1.165, 1.54) is 12.5 Å². The van der Waals surface area contributed by atoms with Crippen LogP contribution in [0.25, 0.3) is 0 Å². The number of carbonyl (C=O) groups excluding carboxylic acids is 1. The average Bonchev–Trinajstić information content (AvgIpc) is 2.80. The van der Waals surface area contributed by atoms with Crippen LogP contribution in [-0.4, -0.2) is 39.0 Å². The molecule has 2 unspecified atom stereocenters. The number of nitrogens with one attached hydrogen (secondary N) is 2. The molecule has 0 saturated heterocycles. The molecule has 1 aromatic rings. The second kappa shape index (κ2) is 6.89. The van der Waals surface area contributed by atoms with Crippen molar-refractivity contribution in [2.75, 3.05) is 0 Å². The van der Waals surface area contributed by atoms with Crippen molar-refractivity contribution in [3.8, 4) is 0 Å². The minimum Gasteiger partial charge on any atom is -0.480 e. The normalized spacial score (nSPS) is 14.1. The molecule has 1 rings (SSSR count). The van der Waals surface area contributed by atoms with Crippen LogP contribution in [0.15, 0.2) is 12.5 Å². The van der Waals surface area contributed by atoms with Gasteiger partial charge in [0, 0.05) is 30.8 Å². The first-order valence-corrected chi connectivity index (χ1v) is 6.15. The zero-order valence-electron chi connectivity index (χ0n) is 11.1. The van der Waals surface area contributed by atoms with Crippen LogP contribution >= 0.6 is 0 Å². The second-order valence-electron chi connectivity index (χ2n) is 4.85. The molecule has 7 heteroatoms. The zero-order valence-corrected chi connectivity index (χ0v) is 11.1. The number of carboxylic acid groups (broad SMARTS) is 1. The molecule has 5 N–H and O–H groups in total. The number of hydrogen-bond donors (Lipinski definition) is 4. The quantitative estimate of drug-likeness (QED) is 0.550. The fourth-order valence-corrected chi connectivity index (χ4v) is 1.52. The molecule has 1 amide bonds. The number of nitrogens with two attached hydrogens (primary N) is 1. The molecular formula is C12H20N4O3. The molecule has 0 fully saturated rings. The van der Waals surface area contributed by atoms with Crippen LogP contribution in [0, 0.1) is 5.92 Å². The molecule has 2 atom stereocenters. The molecule has 0 aliphatic rings. The lowest BCUT2D eigenvalue weighted by Gasteiger charge is -2.18. The summed E-state index contributed by atoms with van der Waals surface area (Å²) in [6.07, 6.45) is 3.27. The number of carboxylic acids is 1. The molecule has 0 spiro atoms. The Hall–Kier alpha value is -1.89. The van der Waals surface area contributed by atoms with Gasteiger partial charge in [-0.25, -0.2) is 9.78 Å². The fourth-order valence-electron chi connectivity index (χ4n) is 1.52. The van der Waals surface area contributed by atoms with Crippen LogP contribution in [0.3, 0.4) is 0 Å². The van der Waals surface area contributed by atoms with E-state index in [2.05, 4.69) is 15.3 Å². The van der Waals surface area contributed by atoms with Gasteiger partial charge in [-0.2, -0.15) is 0 Å². The van der Waals surface area contributed by atoms with Crippen LogP contribution in [0.2, 0.25) is 0 Å². The van der Waals surface area contributed by atoms with Crippen molar-refractivity contribution in [1.29, 1.82) is 0 Å². The van der Waals surface area contributed by atoms with Gasteiger partial charge in [0.1, 0.15) is 6.04 Å². The molecule has 1 heterocycles. The second-order valence-corrected chi connectivity index (χ2v) is 4.85. The van der Waals surface area contributed by atoms with E-state index < -0.39 is 12.0 Å². The van der Waals surface area contributed by atoms with E-state index in [1.807, 2.05) is 13.8 Å². The summed E-state index contributed by atoms with van der Waals surface area (Å²) in [7, 11) is 0. The highest BCUT2D eigenvalue weighted by Crippen LogP contribution is 2.04. The van der Waals surface area contributed by atoms with Gasteiger partial charge in [-0.1, -0.05) is 13.8 Å². The third-order valence-corrected chi connectivity index (χ3v) is 2.89. The van der Waals surface area contributed by atoms with E-state index in [0.717, 1.165) is 0 Å². The Morgan fingerprint density at radius 2 is 2.21 bits per heavy atom. The summed E-state index contributed by atoms with van der Waals surface area (Å²) in [5, 5.41) is 11.6. The molecule has 106 valence electrons. The lowest BCUT2D eigenvalue weighted by Crippen LogP contribution is -2.44. The number of aromatic amines is 1. The van der Waals surface area contributed by atoms with Crippen molar-refractivity contribution in [2.45, 2.75) is 38.8 Å². The summed E-state index contributed by atoms with van der Waals surface area (Å²) in [4.78, 5) is 29.4. The third kappa shape index (κ3) is 5.09. The van der Waals surface area contributed by atoms with Gasteiger partial charge >= 0.3 is 5.97 Å². The number of imidazole rings is 1. The summed E-state index contributed by atoms with van der Waals surface area (Å²) >= 11 is 0. The Bertz CT molecular complexity index is 417. The van der Waals surface area contributed by atoms with Crippen LogP contribution in [-0.2, 0) is 16.0 Å². The lowest BCUT2D eigenvalue weighted by molar-refractivity contribution is -0.141. The molecule has 0 aliphatic heterocycles. The van der Waals surface area contributed by atoms with E-state index in [1.54, 1.807) is 0 Å². The largest absolute Gasteiger partial charge is 0.480 e. The maximum atomic E-state index is 11.7. The average molecular weight is 268 g/mol. The van der Waals surface area contributed by atoms with Gasteiger partial charge in [0.25, 0.3) is 0 Å². The van der Waals surface area contributed by atoms with Crippen molar-refractivity contribution < 1.29 is 14.7 Å². The predicted octanol–water partition coefficient (Wildman–Crippen LogP) is -0.105. The van der Waals surface area contributed by atoms with Gasteiger partial charge in [0.2, 0.25) is 5.91 Å². The van der Waals surface area contributed by atoms with Crippen molar-refractivity contribution in [3.05, 3.63) is 18.2 Å². The molecule has 19 heavy (non-hydrogen) atoms. The summed E-state index contributed by atoms with van der Waals surface area (Å²) < 4.78 is 0. The Morgan fingerprint density at radius 3 is 2.68 bits per heavy atom. The first-order chi connectivity index (χ1) is 8.90. The maximum Gasteiger partial charge on any atom is 0.326 e. The predicted molar refractivity (Wildman–Crippen MR) is 69.3 cm³/mol. The zero-order chi connectivity index (χ0) is 14.4. The fraction of sp³-hybridized carbons (Fsp3) is 0.583. The number of rotatable bonds is 7. The van der Waals surface area contributed by atoms with Crippen molar-refractivity contribution in [2.24, 2.45) is 11.7 Å². The molecule has 0 bridgehead atoms. The van der Waals surface area contributed by atoms with Gasteiger partial charge in [-0.3, -0.25) is 4.79 Å². The number of amides is 1. The van der Waals surface area contributed by atoms with Crippen LogP contribution in [0.5, 0.6) is 0 Å². The van der Waals surface area contributed by atoms with Crippen molar-refractivity contribution >= 4 is 11.9 Å². The Morgan fingerprint density at radius 1 is 1.53 bits per heavy atom. The Labute approximate surface area is 111 Å². The third-order valence-electron chi connectivity index (χ3n) is 2.89. The molecule has 0 aliphatic carbocycles. The van der Waals surface area contributed by atoms with Gasteiger partial charge < -0.3 is 21.1 Å². The lowest BCUT2D eigenvalue weighted by atomic mass is 10.0. The molecule has 1 aromatic heterocycles. The van der Waals surface area contributed by atoms with Crippen LogP contribution < -0.4 is 11.1 Å². The highest BCUT2D eigenvalue weighted by Gasteiger charge is 2.22. The minimum atomic E-state index is -1.08. The molecule has 0 radical (unpaired) electrons. The number of nitrogens with zero attached hydrogens (tertiary/aromatic N) is 1. The van der Waals surface area contributed by atoms with Crippen molar-refractivity contribution in [1.82, 2.24) is 15.3 Å². The number of H-pyrrole nitrogens is 1. The van der Waals surface area contributed by atoms with E-state index in [9.17, 15) is 9.59 Å². The smallest absolute Gasteiger partial charge is 0.326 e. The number of aliphatic carboxylic acids is 1. The first kappa shape index (κ1) is 15.2. The van der Waals surface area contributed by atoms with E-state index in [-0.39, 0.29) is 30.7 Å². The monoisotopic (exact) mass is 268 g/mol. The van der Waals surface area contributed by atoms with Crippen molar-refractivity contribution in [3.63, 3.8) is 0 Å². The van der Waals surface area contributed by atoms with Crippen LogP contribution in [0.1, 0.15) is 26.0 Å². The van der Waals surface area contributed by atoms with Gasteiger partial charge in [-0.15, -0.1) is 0 Å². The van der Waals surface area contributed by atoms with E-state index in [0.29, 0.717) is 5.69 Å². The van der Waals surface area contributed by atoms with Gasteiger partial charge in [0.15, 0.2) is 0 Å². The number of aromatic nitrogens is 2. The minimum absolute atomic E-state index is 0.115. The maximum absolute atomic E-state index is 11.7. The number of carbonyl (C=O) groups is 2. The summed E-state index contributed by atoms with van der Waals surface area (Å²) in [6, 6.07) is -1.26.